The van der Waals surface area contributed by atoms with Crippen molar-refractivity contribution in [2.24, 2.45) is 11.7 Å². The third-order valence-electron chi connectivity index (χ3n) is 5.83. The van der Waals surface area contributed by atoms with Crippen LogP contribution in [-0.4, -0.2) is 46.7 Å². The van der Waals surface area contributed by atoms with Crippen LogP contribution in [0, 0.1) is 5.92 Å². The van der Waals surface area contributed by atoms with Crippen molar-refractivity contribution < 1.29 is 8.82 Å². The van der Waals surface area contributed by atoms with E-state index in [-0.39, 0.29) is 17.0 Å². The minimum absolute atomic E-state index is 0.00610. The van der Waals surface area contributed by atoms with Crippen LogP contribution in [0.1, 0.15) is 33.2 Å². The first-order chi connectivity index (χ1) is 11.7. The average molecular weight is 366 g/mol. The number of rotatable bonds is 4. The summed E-state index contributed by atoms with van der Waals surface area (Å²) in [5, 5.41) is 0.0267. The summed E-state index contributed by atoms with van der Waals surface area (Å²) in [6.45, 7) is 11.2. The number of alkyl halides is 1. The molecular formula is C17H28FN5OSi. The maximum atomic E-state index is 15.4. The van der Waals surface area contributed by atoms with Gasteiger partial charge in [0.1, 0.15) is 18.0 Å². The van der Waals surface area contributed by atoms with Gasteiger partial charge >= 0.3 is 0 Å². The normalized spacial score (nSPS) is 28.0. The average Bonchev–Trinajstić information content (AvgIpc) is 3.08. The third-order valence-corrected chi connectivity index (χ3v) is 10.3. The Kier molecular flexibility index (Phi) is 4.72. The molecule has 138 valence electrons. The zero-order valence-corrected chi connectivity index (χ0v) is 16.6. The van der Waals surface area contributed by atoms with E-state index in [0.29, 0.717) is 24.1 Å². The van der Waals surface area contributed by atoms with Gasteiger partial charge in [0, 0.05) is 5.92 Å². The molecule has 25 heavy (non-hydrogen) atoms. The summed E-state index contributed by atoms with van der Waals surface area (Å²) in [4.78, 5) is 12.5. The minimum atomic E-state index is -2.08. The van der Waals surface area contributed by atoms with E-state index in [1.807, 2.05) is 4.57 Å². The molecule has 0 bridgehead atoms. The number of nitrogens with zero attached hydrogens (tertiary/aromatic N) is 4. The summed E-state index contributed by atoms with van der Waals surface area (Å²) in [5.41, 5.74) is 7.29. The molecule has 0 aromatic carbocycles. The third kappa shape index (κ3) is 3.22. The highest BCUT2D eigenvalue weighted by molar-refractivity contribution is 6.74. The maximum Gasteiger partial charge on any atom is 0.192 e. The van der Waals surface area contributed by atoms with Crippen molar-refractivity contribution in [3.8, 4) is 0 Å². The second-order valence-electron chi connectivity index (χ2n) is 8.47. The minimum Gasteiger partial charge on any atom is -0.411 e. The Morgan fingerprint density at radius 2 is 2.08 bits per heavy atom. The molecule has 1 fully saturated rings. The number of fused-ring (bicyclic) bond motifs is 1. The highest BCUT2D eigenvalue weighted by atomic mass is 28.4. The molecule has 1 unspecified atom stereocenters. The molecule has 6 nitrogen and oxygen atoms in total. The van der Waals surface area contributed by atoms with Crippen molar-refractivity contribution in [2.45, 2.75) is 63.6 Å². The molecule has 1 aliphatic carbocycles. The van der Waals surface area contributed by atoms with Crippen LogP contribution in [0.4, 0.5) is 4.39 Å². The predicted molar refractivity (Wildman–Crippen MR) is 98.5 cm³/mol. The Morgan fingerprint density at radius 1 is 1.36 bits per heavy atom. The fourth-order valence-electron chi connectivity index (χ4n) is 3.26. The van der Waals surface area contributed by atoms with E-state index < -0.39 is 20.6 Å². The summed E-state index contributed by atoms with van der Waals surface area (Å²) in [6, 6.07) is -0.358. The summed E-state index contributed by atoms with van der Waals surface area (Å²) < 4.78 is 23.7. The number of hydrogen-bond donors (Lipinski definition) is 1. The van der Waals surface area contributed by atoms with Gasteiger partial charge in [0.25, 0.3) is 0 Å². The van der Waals surface area contributed by atoms with Crippen LogP contribution in [0.2, 0.25) is 18.1 Å². The molecule has 0 spiro atoms. The van der Waals surface area contributed by atoms with Crippen molar-refractivity contribution in [3.63, 3.8) is 0 Å². The number of imidazole rings is 1. The molecule has 0 radical (unpaired) electrons. The molecule has 1 saturated carbocycles. The fraction of sp³-hybridized carbons (Fsp3) is 0.706. The molecule has 0 saturated heterocycles. The largest absolute Gasteiger partial charge is 0.411 e. The van der Waals surface area contributed by atoms with Gasteiger partial charge in [0.2, 0.25) is 0 Å². The summed E-state index contributed by atoms with van der Waals surface area (Å²) in [7, 11) is -2.08. The van der Waals surface area contributed by atoms with E-state index in [2.05, 4.69) is 48.8 Å². The molecule has 2 N–H and O–H groups in total. The first-order valence-electron chi connectivity index (χ1n) is 8.80. The zero-order valence-electron chi connectivity index (χ0n) is 15.6. The molecule has 2 aromatic rings. The summed E-state index contributed by atoms with van der Waals surface area (Å²) in [6.07, 6.45) is 3.79. The van der Waals surface area contributed by atoms with Crippen LogP contribution in [0.5, 0.6) is 0 Å². The Labute approximate surface area is 149 Å². The van der Waals surface area contributed by atoms with Crippen LogP contribution in [0.25, 0.3) is 11.2 Å². The zero-order chi connectivity index (χ0) is 18.4. The van der Waals surface area contributed by atoms with Crippen LogP contribution >= 0.6 is 0 Å². The van der Waals surface area contributed by atoms with Gasteiger partial charge < -0.3 is 14.7 Å². The summed E-state index contributed by atoms with van der Waals surface area (Å²) >= 11 is 0. The monoisotopic (exact) mass is 365 g/mol. The van der Waals surface area contributed by atoms with Gasteiger partial charge in [-0.2, -0.15) is 0 Å². The molecule has 4 atom stereocenters. The lowest BCUT2D eigenvalue weighted by molar-refractivity contribution is 0.0706. The molecule has 8 heteroatoms. The van der Waals surface area contributed by atoms with Crippen molar-refractivity contribution in [2.75, 3.05) is 6.54 Å². The Morgan fingerprint density at radius 3 is 2.72 bits per heavy atom. The van der Waals surface area contributed by atoms with Gasteiger partial charge in [0.15, 0.2) is 14.0 Å². The Balaban J connectivity index is 1.90. The first kappa shape index (κ1) is 18.4. The number of hydrogen-bond acceptors (Lipinski definition) is 5. The van der Waals surface area contributed by atoms with E-state index in [1.165, 1.54) is 6.33 Å². The molecular weight excluding hydrogens is 337 g/mol. The second kappa shape index (κ2) is 6.41. The molecule has 3 rings (SSSR count). The van der Waals surface area contributed by atoms with Crippen LogP contribution in [0.3, 0.4) is 0 Å². The topological polar surface area (TPSA) is 78.9 Å². The Bertz CT molecular complexity index is 744. The lowest BCUT2D eigenvalue weighted by Crippen LogP contribution is -2.48. The van der Waals surface area contributed by atoms with E-state index in [4.69, 9.17) is 10.2 Å². The highest BCUT2D eigenvalue weighted by Gasteiger charge is 2.49. The smallest absolute Gasteiger partial charge is 0.192 e. The van der Waals surface area contributed by atoms with Crippen molar-refractivity contribution in [1.82, 2.24) is 19.5 Å². The number of halogens is 1. The van der Waals surface area contributed by atoms with Crippen molar-refractivity contribution >= 4 is 19.5 Å². The van der Waals surface area contributed by atoms with Gasteiger partial charge in [-0.05, 0) is 31.1 Å². The van der Waals surface area contributed by atoms with Crippen molar-refractivity contribution in [3.05, 3.63) is 18.9 Å². The first-order valence-corrected chi connectivity index (χ1v) is 11.7. The fourth-order valence-corrected chi connectivity index (χ4v) is 4.61. The molecule has 0 amide bonds. The lowest BCUT2D eigenvalue weighted by atomic mass is 10.1. The number of aromatic nitrogens is 4. The van der Waals surface area contributed by atoms with Crippen LogP contribution in [-0.2, 0) is 4.43 Å². The molecule has 2 heterocycles. The standard InChI is InChI=1S/C17H28FN5OSi/c1-17(2,3)25(4,5)24-15-11(7-19)6-13(14(15)18)23-10-22-12-8-20-9-21-16(12)23/h8-11,13-15H,6-7,19H2,1-5H3/t11-,13-,14+,15?/m1/s1. The number of nitrogens with two attached hydrogens (primary N) is 1. The van der Waals surface area contributed by atoms with Crippen LogP contribution in [0.15, 0.2) is 18.9 Å². The SMILES string of the molecule is CC(C)(C)[Si](C)(C)OC1[C@@H](CN)C[C@@H](n2cnc3cncnc32)[C@@H]1F. The van der Waals surface area contributed by atoms with E-state index >= 15 is 4.39 Å². The van der Waals surface area contributed by atoms with E-state index in [9.17, 15) is 0 Å². The van der Waals surface area contributed by atoms with E-state index in [1.54, 1.807) is 12.5 Å². The van der Waals surface area contributed by atoms with Gasteiger partial charge in [0.05, 0.1) is 24.7 Å². The molecule has 1 aliphatic rings. The highest BCUT2D eigenvalue weighted by Crippen LogP contribution is 2.45. The Hall–Kier alpha value is -1.38. The van der Waals surface area contributed by atoms with Crippen LogP contribution < -0.4 is 5.73 Å². The van der Waals surface area contributed by atoms with Gasteiger partial charge in [-0.1, -0.05) is 20.8 Å². The van der Waals surface area contributed by atoms with E-state index in [0.717, 1.165) is 0 Å². The second-order valence-corrected chi connectivity index (χ2v) is 13.2. The predicted octanol–water partition coefficient (Wildman–Crippen LogP) is 3.07. The maximum absolute atomic E-state index is 15.4. The molecule has 0 aliphatic heterocycles. The van der Waals surface area contributed by atoms with Gasteiger partial charge in [-0.3, -0.25) is 0 Å². The van der Waals surface area contributed by atoms with Gasteiger partial charge in [-0.15, -0.1) is 0 Å². The quantitative estimate of drug-likeness (QED) is 0.843. The summed E-state index contributed by atoms with van der Waals surface area (Å²) in [5.74, 6) is -0.00610. The molecule has 2 aromatic heterocycles. The van der Waals surface area contributed by atoms with Crippen molar-refractivity contribution in [1.29, 1.82) is 0 Å². The lowest BCUT2D eigenvalue weighted by Gasteiger charge is -2.40. The van der Waals surface area contributed by atoms with Gasteiger partial charge in [-0.25, -0.2) is 19.3 Å².